The number of hydrogen-bond donors (Lipinski definition) is 1. The van der Waals surface area contributed by atoms with Crippen molar-refractivity contribution in [1.29, 1.82) is 5.26 Å². The first kappa shape index (κ1) is 25.0. The SMILES string of the molecule is CCOC(=O)/C(C#N)=N/OC(C1CNCCO1)=[N+](C)C.F[P-](F)(F)(F)(F)F. The molecule has 8 nitrogen and oxygen atoms in total. The van der Waals surface area contributed by atoms with Gasteiger partial charge in [0.05, 0.1) is 13.2 Å². The van der Waals surface area contributed by atoms with Crippen molar-refractivity contribution >= 4 is 25.4 Å². The van der Waals surface area contributed by atoms with Crippen LogP contribution in [-0.4, -0.2) is 68.7 Å². The molecule has 1 unspecified atom stereocenters. The predicted molar refractivity (Wildman–Crippen MR) is 84.1 cm³/mol. The molecule has 0 spiro atoms. The van der Waals surface area contributed by atoms with Crippen LogP contribution in [0.4, 0.5) is 25.2 Å². The van der Waals surface area contributed by atoms with Gasteiger partial charge in [0.2, 0.25) is 0 Å². The number of esters is 1. The van der Waals surface area contributed by atoms with Crippen LogP contribution in [0.5, 0.6) is 0 Å². The molecule has 1 rings (SSSR count). The fraction of sp³-hybridized carbons (Fsp3) is 0.667. The molecule has 1 N–H and O–H groups in total. The van der Waals surface area contributed by atoms with Crippen LogP contribution in [0.15, 0.2) is 5.16 Å². The van der Waals surface area contributed by atoms with Gasteiger partial charge in [0.15, 0.2) is 6.10 Å². The Kier molecular flexibility index (Phi) is 8.17. The standard InChI is InChI=1S/C12H19N4O4.F6P/c1-4-18-12(17)9(7-13)15-20-11(16(2)3)10-8-14-5-6-19-10;1-7(2,3,4,5)6/h10,14H,4-6,8H2,1-3H3;/q+1;-1/b15-9+;. The second-order valence-electron chi connectivity index (χ2n) is 5.12. The van der Waals surface area contributed by atoms with Crippen molar-refractivity contribution in [1.82, 2.24) is 5.32 Å². The summed E-state index contributed by atoms with van der Waals surface area (Å²) in [4.78, 5) is 16.6. The van der Waals surface area contributed by atoms with Gasteiger partial charge in [-0.3, -0.25) is 4.84 Å². The number of hydrogen-bond acceptors (Lipinski definition) is 7. The molecule has 1 fully saturated rings. The third kappa shape index (κ3) is 14.8. The molecule has 0 radical (unpaired) electrons. The number of nitriles is 1. The van der Waals surface area contributed by atoms with Gasteiger partial charge in [-0.05, 0) is 6.92 Å². The molecule has 0 bridgehead atoms. The summed E-state index contributed by atoms with van der Waals surface area (Å²) in [6.07, 6.45) is -0.315. The van der Waals surface area contributed by atoms with E-state index in [0.717, 1.165) is 6.54 Å². The zero-order valence-electron chi connectivity index (χ0n) is 14.6. The van der Waals surface area contributed by atoms with Gasteiger partial charge in [-0.15, -0.1) is 0 Å². The number of halogens is 6. The van der Waals surface area contributed by atoms with Gasteiger partial charge in [-0.25, -0.2) is 9.37 Å². The van der Waals surface area contributed by atoms with Crippen LogP contribution in [0.1, 0.15) is 6.92 Å². The van der Waals surface area contributed by atoms with E-state index in [0.29, 0.717) is 19.0 Å². The fourth-order valence-corrected chi connectivity index (χ4v) is 1.55. The van der Waals surface area contributed by atoms with E-state index in [-0.39, 0.29) is 12.7 Å². The van der Waals surface area contributed by atoms with Crippen molar-refractivity contribution < 1.29 is 48.9 Å². The molecule has 1 saturated heterocycles. The Hall–Kier alpha value is -1.97. The molecule has 0 amide bonds. The van der Waals surface area contributed by atoms with Gasteiger partial charge >= 0.3 is 44.9 Å². The van der Waals surface area contributed by atoms with E-state index in [1.165, 1.54) is 0 Å². The summed E-state index contributed by atoms with van der Waals surface area (Å²) < 4.78 is 71.1. The number of oxime groups is 1. The van der Waals surface area contributed by atoms with Crippen molar-refractivity contribution in [3.63, 3.8) is 0 Å². The van der Waals surface area contributed by atoms with E-state index in [4.69, 9.17) is 19.6 Å². The molecular formula is C12H19F6N4O4P. The monoisotopic (exact) mass is 428 g/mol. The van der Waals surface area contributed by atoms with Gasteiger partial charge in [0, 0.05) is 13.1 Å². The predicted octanol–water partition coefficient (Wildman–Crippen LogP) is 2.49. The number of morpholine rings is 1. The third-order valence-corrected chi connectivity index (χ3v) is 2.45. The second-order valence-corrected chi connectivity index (χ2v) is 7.03. The third-order valence-electron chi connectivity index (χ3n) is 2.45. The molecule has 158 valence electrons. The number of ether oxygens (including phenoxy) is 2. The van der Waals surface area contributed by atoms with Gasteiger partial charge in [-0.1, -0.05) is 5.16 Å². The van der Waals surface area contributed by atoms with Crippen LogP contribution in [0.25, 0.3) is 0 Å². The maximum absolute atomic E-state index is 11.4. The van der Waals surface area contributed by atoms with Crippen molar-refractivity contribution in [3.8, 4) is 6.07 Å². The number of carbonyl (C=O) groups excluding carboxylic acids is 1. The van der Waals surface area contributed by atoms with E-state index < -0.39 is 19.5 Å². The van der Waals surface area contributed by atoms with Gasteiger partial charge < -0.3 is 14.8 Å². The Morgan fingerprint density at radius 2 is 1.89 bits per heavy atom. The molecule has 1 aliphatic heterocycles. The Morgan fingerprint density at radius 1 is 1.33 bits per heavy atom. The Labute approximate surface area is 150 Å². The molecule has 1 heterocycles. The van der Waals surface area contributed by atoms with Crippen molar-refractivity contribution in [2.24, 2.45) is 5.16 Å². The average molecular weight is 428 g/mol. The minimum absolute atomic E-state index is 0.166. The first-order valence-electron chi connectivity index (χ1n) is 7.30. The van der Waals surface area contributed by atoms with E-state index in [1.807, 2.05) is 0 Å². The Morgan fingerprint density at radius 3 is 2.26 bits per heavy atom. The fourth-order valence-electron chi connectivity index (χ4n) is 1.55. The van der Waals surface area contributed by atoms with E-state index in [9.17, 15) is 30.0 Å². The number of rotatable bonds is 4. The quantitative estimate of drug-likeness (QED) is 0.141. The van der Waals surface area contributed by atoms with Crippen molar-refractivity contribution in [3.05, 3.63) is 0 Å². The van der Waals surface area contributed by atoms with Crippen LogP contribution in [0, 0.1) is 11.3 Å². The van der Waals surface area contributed by atoms with Crippen LogP contribution in [-0.2, 0) is 19.1 Å². The van der Waals surface area contributed by atoms with E-state index in [1.54, 1.807) is 31.7 Å². The van der Waals surface area contributed by atoms with Gasteiger partial charge in [0.1, 0.15) is 20.2 Å². The summed E-state index contributed by atoms with van der Waals surface area (Å²) in [7, 11) is -7.13. The molecule has 0 aromatic carbocycles. The summed E-state index contributed by atoms with van der Waals surface area (Å²) in [5.41, 5.74) is -0.435. The first-order chi connectivity index (χ1) is 12.0. The molecule has 0 saturated carbocycles. The van der Waals surface area contributed by atoms with Gasteiger partial charge in [0.25, 0.3) is 5.71 Å². The first-order valence-corrected chi connectivity index (χ1v) is 9.33. The summed E-state index contributed by atoms with van der Waals surface area (Å²) in [6, 6.07) is 1.65. The number of carbonyl (C=O) groups is 1. The number of nitrogens with zero attached hydrogens (tertiary/aromatic N) is 3. The molecular weight excluding hydrogens is 409 g/mol. The normalized spacial score (nSPS) is 20.0. The zero-order chi connectivity index (χ0) is 21.4. The molecule has 0 aromatic heterocycles. The molecule has 27 heavy (non-hydrogen) atoms. The van der Waals surface area contributed by atoms with Crippen LogP contribution in [0.2, 0.25) is 0 Å². The molecule has 0 aliphatic carbocycles. The summed E-state index contributed by atoms with van der Waals surface area (Å²) >= 11 is 0. The maximum atomic E-state index is 11.4. The zero-order valence-corrected chi connectivity index (χ0v) is 15.5. The molecule has 15 heteroatoms. The van der Waals surface area contributed by atoms with Crippen molar-refractivity contribution in [2.75, 3.05) is 40.4 Å². The van der Waals surface area contributed by atoms with E-state index >= 15 is 0 Å². The van der Waals surface area contributed by atoms with Crippen LogP contribution >= 0.6 is 7.81 Å². The topological polar surface area (TPSA) is 96.0 Å². The van der Waals surface area contributed by atoms with Crippen molar-refractivity contribution in [2.45, 2.75) is 13.0 Å². The molecule has 0 aromatic rings. The van der Waals surface area contributed by atoms with Crippen LogP contribution < -0.4 is 5.32 Å². The van der Waals surface area contributed by atoms with Crippen LogP contribution in [0.3, 0.4) is 0 Å². The molecule has 1 atom stereocenters. The molecule has 1 aliphatic rings. The summed E-state index contributed by atoms with van der Waals surface area (Å²) in [6.45, 7) is 3.71. The summed E-state index contributed by atoms with van der Waals surface area (Å²) in [5, 5.41) is 15.6. The Bertz CT molecular complexity index is 623. The van der Waals surface area contributed by atoms with Gasteiger partial charge in [-0.2, -0.15) is 5.26 Å². The number of nitrogens with one attached hydrogen (secondary N) is 1. The van der Waals surface area contributed by atoms with E-state index in [2.05, 4.69) is 10.5 Å². The Balaban J connectivity index is 0.000000821. The summed E-state index contributed by atoms with van der Waals surface area (Å²) in [5.74, 6) is -0.398. The minimum atomic E-state index is -10.7. The average Bonchev–Trinajstić information content (AvgIpc) is 2.49. The second kappa shape index (κ2) is 8.81.